The molecule has 116 valence electrons. The first kappa shape index (κ1) is 15.7. The summed E-state index contributed by atoms with van der Waals surface area (Å²) in [5.74, 6) is 5.30. The van der Waals surface area contributed by atoms with Gasteiger partial charge in [-0.05, 0) is 43.0 Å². The van der Waals surface area contributed by atoms with Gasteiger partial charge in [0.05, 0.1) is 4.92 Å². The fourth-order valence-corrected chi connectivity index (χ4v) is 2.81. The van der Waals surface area contributed by atoms with Crippen molar-refractivity contribution in [3.63, 3.8) is 0 Å². The first-order valence-corrected chi connectivity index (χ1v) is 7.44. The molecular formula is C15H24N4O2. The van der Waals surface area contributed by atoms with E-state index in [9.17, 15) is 10.1 Å². The topological polar surface area (TPSA) is 84.4 Å². The number of nitrogen functional groups attached to an aromatic ring is 1. The van der Waals surface area contributed by atoms with Crippen molar-refractivity contribution >= 4 is 11.4 Å². The average molecular weight is 292 g/mol. The molecule has 0 unspecified atom stereocenters. The molecule has 6 heteroatoms. The number of benzene rings is 1. The van der Waals surface area contributed by atoms with Gasteiger partial charge in [0.15, 0.2) is 0 Å². The van der Waals surface area contributed by atoms with Crippen molar-refractivity contribution < 1.29 is 4.92 Å². The van der Waals surface area contributed by atoms with Gasteiger partial charge >= 0.3 is 0 Å². The van der Waals surface area contributed by atoms with Gasteiger partial charge in [-0.1, -0.05) is 26.3 Å². The molecule has 1 aromatic rings. The summed E-state index contributed by atoms with van der Waals surface area (Å²) in [5, 5.41) is 11.0. The van der Waals surface area contributed by atoms with Gasteiger partial charge in [-0.15, -0.1) is 0 Å². The number of likely N-dealkylation sites (tertiary alicyclic amines) is 1. The Kier molecular flexibility index (Phi) is 4.80. The molecule has 21 heavy (non-hydrogen) atoms. The van der Waals surface area contributed by atoms with E-state index < -0.39 is 4.92 Å². The second-order valence-corrected chi connectivity index (χ2v) is 6.19. The van der Waals surface area contributed by atoms with E-state index in [0.717, 1.165) is 25.2 Å². The van der Waals surface area contributed by atoms with Crippen molar-refractivity contribution in [2.45, 2.75) is 39.7 Å². The molecule has 0 amide bonds. The van der Waals surface area contributed by atoms with Crippen molar-refractivity contribution in [1.82, 2.24) is 4.90 Å². The van der Waals surface area contributed by atoms with Crippen LogP contribution in [0.2, 0.25) is 0 Å². The monoisotopic (exact) mass is 292 g/mol. The number of nitro benzene ring substituents is 1. The van der Waals surface area contributed by atoms with Crippen LogP contribution in [0.5, 0.6) is 0 Å². The molecule has 3 N–H and O–H groups in total. The van der Waals surface area contributed by atoms with Crippen molar-refractivity contribution in [1.29, 1.82) is 0 Å². The Morgan fingerprint density at radius 2 is 2.10 bits per heavy atom. The summed E-state index contributed by atoms with van der Waals surface area (Å²) in [7, 11) is 0. The van der Waals surface area contributed by atoms with E-state index in [-0.39, 0.29) is 5.69 Å². The van der Waals surface area contributed by atoms with E-state index in [4.69, 9.17) is 5.84 Å². The second kappa shape index (κ2) is 6.41. The molecule has 1 saturated heterocycles. The number of nitrogens with one attached hydrogen (secondary N) is 1. The minimum Gasteiger partial charge on any atom is -0.318 e. The highest BCUT2D eigenvalue weighted by Gasteiger charge is 2.28. The number of nitrogens with zero attached hydrogens (tertiary/aromatic N) is 2. The van der Waals surface area contributed by atoms with Crippen LogP contribution in [-0.4, -0.2) is 22.9 Å². The molecule has 1 aliphatic heterocycles. The molecule has 6 nitrogen and oxygen atoms in total. The fraction of sp³-hybridized carbons (Fsp3) is 0.600. The van der Waals surface area contributed by atoms with Crippen LogP contribution in [0.15, 0.2) is 18.2 Å². The highest BCUT2D eigenvalue weighted by molar-refractivity contribution is 5.61. The van der Waals surface area contributed by atoms with Gasteiger partial charge < -0.3 is 5.43 Å². The van der Waals surface area contributed by atoms with E-state index in [2.05, 4.69) is 24.2 Å². The molecule has 0 radical (unpaired) electrons. The largest absolute Gasteiger partial charge is 0.318 e. The Labute approximate surface area is 125 Å². The highest BCUT2D eigenvalue weighted by atomic mass is 16.6. The lowest BCUT2D eigenvalue weighted by atomic mass is 9.78. The highest BCUT2D eigenvalue weighted by Crippen LogP contribution is 2.34. The normalized spacial score (nSPS) is 18.4. The Hall–Kier alpha value is -1.66. The van der Waals surface area contributed by atoms with Crippen LogP contribution in [0.25, 0.3) is 0 Å². The third-order valence-electron chi connectivity index (χ3n) is 4.74. The van der Waals surface area contributed by atoms with E-state index in [1.807, 2.05) is 6.07 Å². The number of nitro groups is 1. The predicted octanol–water partition coefficient (Wildman–Crippen LogP) is 2.89. The molecule has 0 aromatic heterocycles. The molecule has 1 fully saturated rings. The maximum atomic E-state index is 11.0. The number of anilines is 1. The number of nitrogens with two attached hydrogens (primary N) is 1. The lowest BCUT2D eigenvalue weighted by Gasteiger charge is -2.38. The molecular weight excluding hydrogens is 268 g/mol. The molecule has 1 heterocycles. The van der Waals surface area contributed by atoms with Crippen molar-refractivity contribution in [3.05, 3.63) is 33.9 Å². The molecule has 0 saturated carbocycles. The summed E-state index contributed by atoms with van der Waals surface area (Å²) in [6.07, 6.45) is 3.59. The lowest BCUT2D eigenvalue weighted by Crippen LogP contribution is -2.37. The zero-order valence-electron chi connectivity index (χ0n) is 12.8. The van der Waals surface area contributed by atoms with Crippen molar-refractivity contribution in [2.75, 3.05) is 18.5 Å². The van der Waals surface area contributed by atoms with Gasteiger partial charge in [-0.2, -0.15) is 0 Å². The lowest BCUT2D eigenvalue weighted by molar-refractivity contribution is -0.384. The fourth-order valence-electron chi connectivity index (χ4n) is 2.81. The minimum atomic E-state index is -0.400. The first-order valence-electron chi connectivity index (χ1n) is 7.44. The molecule has 0 aliphatic carbocycles. The number of hydrogen-bond donors (Lipinski definition) is 2. The first-order chi connectivity index (χ1) is 9.97. The van der Waals surface area contributed by atoms with Crippen molar-refractivity contribution in [3.8, 4) is 0 Å². The maximum absolute atomic E-state index is 11.0. The minimum absolute atomic E-state index is 0.0328. The van der Waals surface area contributed by atoms with E-state index >= 15 is 0 Å². The van der Waals surface area contributed by atoms with E-state index in [1.165, 1.54) is 19.3 Å². The predicted molar refractivity (Wildman–Crippen MR) is 83.8 cm³/mol. The van der Waals surface area contributed by atoms with Gasteiger partial charge in [0, 0.05) is 12.6 Å². The van der Waals surface area contributed by atoms with Crippen LogP contribution in [0.4, 0.5) is 11.4 Å². The number of hydrogen-bond acceptors (Lipinski definition) is 5. The zero-order chi connectivity index (χ0) is 15.5. The van der Waals surface area contributed by atoms with Gasteiger partial charge in [0.2, 0.25) is 0 Å². The SMILES string of the molecule is CCC1(C)CCN(Cc2ccc(NN)c([N+](=O)[O-])c2)CC1. The summed E-state index contributed by atoms with van der Waals surface area (Å²) >= 11 is 0. The van der Waals surface area contributed by atoms with Crippen LogP contribution in [0, 0.1) is 15.5 Å². The van der Waals surface area contributed by atoms with Crippen LogP contribution >= 0.6 is 0 Å². The van der Waals surface area contributed by atoms with Gasteiger partial charge in [-0.25, -0.2) is 0 Å². The van der Waals surface area contributed by atoms with Crippen LogP contribution < -0.4 is 11.3 Å². The van der Waals surface area contributed by atoms with Gasteiger partial charge in [-0.3, -0.25) is 20.9 Å². The van der Waals surface area contributed by atoms with Gasteiger partial charge in [0.25, 0.3) is 5.69 Å². The second-order valence-electron chi connectivity index (χ2n) is 6.19. The number of hydrazine groups is 1. The molecule has 2 rings (SSSR count). The van der Waals surface area contributed by atoms with Crippen LogP contribution in [0.3, 0.4) is 0 Å². The quantitative estimate of drug-likeness (QED) is 0.495. The van der Waals surface area contributed by atoms with Crippen LogP contribution in [0.1, 0.15) is 38.7 Å². The summed E-state index contributed by atoms with van der Waals surface area (Å²) in [5.41, 5.74) is 4.17. The van der Waals surface area contributed by atoms with Crippen LogP contribution in [-0.2, 0) is 6.54 Å². The van der Waals surface area contributed by atoms with E-state index in [1.54, 1.807) is 12.1 Å². The molecule has 0 atom stereocenters. The Bertz CT molecular complexity index is 510. The zero-order valence-corrected chi connectivity index (χ0v) is 12.8. The maximum Gasteiger partial charge on any atom is 0.293 e. The van der Waals surface area contributed by atoms with Crippen molar-refractivity contribution in [2.24, 2.45) is 11.3 Å². The molecule has 1 aromatic carbocycles. The third kappa shape index (κ3) is 3.71. The Balaban J connectivity index is 2.04. The summed E-state index contributed by atoms with van der Waals surface area (Å²) in [6, 6.07) is 5.19. The standard InChI is InChI=1S/C15H24N4O2/c1-3-15(2)6-8-18(9-7-15)11-12-4-5-13(17-16)14(10-12)19(20)21/h4-5,10,17H,3,6-9,11,16H2,1-2H3. The molecule has 1 aliphatic rings. The summed E-state index contributed by atoms with van der Waals surface area (Å²) in [6.45, 7) is 7.45. The summed E-state index contributed by atoms with van der Waals surface area (Å²) in [4.78, 5) is 13.0. The Morgan fingerprint density at radius 3 is 2.62 bits per heavy atom. The smallest absolute Gasteiger partial charge is 0.293 e. The third-order valence-corrected chi connectivity index (χ3v) is 4.74. The molecule has 0 spiro atoms. The summed E-state index contributed by atoms with van der Waals surface area (Å²) < 4.78 is 0. The van der Waals surface area contributed by atoms with Gasteiger partial charge in [0.1, 0.15) is 5.69 Å². The number of rotatable bonds is 5. The van der Waals surface area contributed by atoms with E-state index in [0.29, 0.717) is 11.1 Å². The number of piperidine rings is 1. The Morgan fingerprint density at radius 1 is 1.43 bits per heavy atom. The average Bonchev–Trinajstić information content (AvgIpc) is 2.49. The molecule has 0 bridgehead atoms.